The number of aryl methyl sites for hydroxylation is 1. The topological polar surface area (TPSA) is 34.1 Å². The van der Waals surface area contributed by atoms with Crippen LogP contribution in [0.2, 0.25) is 0 Å². The summed E-state index contributed by atoms with van der Waals surface area (Å²) in [4.78, 5) is 4.31. The van der Waals surface area contributed by atoms with Gasteiger partial charge in [-0.05, 0) is 49.9 Å². The van der Waals surface area contributed by atoms with Crippen LogP contribution in [0.3, 0.4) is 0 Å². The van der Waals surface area contributed by atoms with Gasteiger partial charge >= 0.3 is 0 Å². The summed E-state index contributed by atoms with van der Waals surface area (Å²) >= 11 is 0. The van der Waals surface area contributed by atoms with Crippen LogP contribution in [-0.2, 0) is 6.42 Å². The van der Waals surface area contributed by atoms with Gasteiger partial charge in [-0.25, -0.2) is 4.98 Å². The van der Waals surface area contributed by atoms with Gasteiger partial charge in [0.25, 0.3) is 0 Å². The minimum absolute atomic E-state index is 0.730. The van der Waals surface area contributed by atoms with E-state index in [-0.39, 0.29) is 0 Å². The van der Waals surface area contributed by atoms with Crippen LogP contribution in [-0.4, -0.2) is 25.2 Å². The molecular formula is C13H20N2O. The maximum Gasteiger partial charge on any atom is 0.213 e. The lowest BCUT2D eigenvalue weighted by Gasteiger charge is -2.14. The molecule has 3 heteroatoms. The average molecular weight is 220 g/mol. The first-order valence-corrected chi connectivity index (χ1v) is 5.91. The number of hydrogen-bond acceptors (Lipinski definition) is 3. The normalized spacial score (nSPS) is 24.7. The van der Waals surface area contributed by atoms with E-state index in [4.69, 9.17) is 4.74 Å². The Kier molecular flexibility index (Phi) is 3.44. The van der Waals surface area contributed by atoms with Crippen LogP contribution in [0.4, 0.5) is 0 Å². The maximum absolute atomic E-state index is 5.20. The molecule has 0 bridgehead atoms. The summed E-state index contributed by atoms with van der Waals surface area (Å²) in [6.07, 6.45) is 1.12. The van der Waals surface area contributed by atoms with Crippen molar-refractivity contribution < 1.29 is 4.74 Å². The molecule has 2 atom stereocenters. The molecule has 0 unspecified atom stereocenters. The summed E-state index contributed by atoms with van der Waals surface area (Å²) in [6, 6.07) is 4.21. The minimum atomic E-state index is 0.730. The van der Waals surface area contributed by atoms with Crippen molar-refractivity contribution in [3.63, 3.8) is 0 Å². The van der Waals surface area contributed by atoms with E-state index in [1.165, 1.54) is 5.56 Å². The van der Waals surface area contributed by atoms with Gasteiger partial charge in [0.2, 0.25) is 5.88 Å². The van der Waals surface area contributed by atoms with E-state index in [0.717, 1.165) is 42.9 Å². The predicted octanol–water partition coefficient (Wildman–Crippen LogP) is 1.80. The van der Waals surface area contributed by atoms with Crippen molar-refractivity contribution in [3.05, 3.63) is 23.4 Å². The van der Waals surface area contributed by atoms with E-state index >= 15 is 0 Å². The third-order valence-electron chi connectivity index (χ3n) is 3.37. The van der Waals surface area contributed by atoms with Gasteiger partial charge in [0.05, 0.1) is 7.11 Å². The van der Waals surface area contributed by atoms with Crippen molar-refractivity contribution in [2.75, 3.05) is 20.2 Å². The fourth-order valence-electron chi connectivity index (χ4n) is 2.37. The maximum atomic E-state index is 5.20. The molecule has 3 nitrogen and oxygen atoms in total. The lowest BCUT2D eigenvalue weighted by atomic mass is 9.91. The second-order valence-corrected chi connectivity index (χ2v) is 4.76. The van der Waals surface area contributed by atoms with Crippen molar-refractivity contribution in [1.29, 1.82) is 0 Å². The van der Waals surface area contributed by atoms with E-state index in [2.05, 4.69) is 29.4 Å². The largest absolute Gasteiger partial charge is 0.481 e. The summed E-state index contributed by atoms with van der Waals surface area (Å²) in [7, 11) is 1.67. The van der Waals surface area contributed by atoms with Crippen molar-refractivity contribution >= 4 is 0 Å². The third kappa shape index (κ3) is 2.53. The standard InChI is InChI=1S/C13H20N2O/c1-9-7-14-8-12(9)5-11-4-10(2)15-13(6-11)16-3/h4,6,9,12,14H,5,7-8H2,1-3H3/t9-,12-/m0/s1. The molecule has 2 heterocycles. The molecule has 16 heavy (non-hydrogen) atoms. The first-order valence-electron chi connectivity index (χ1n) is 5.91. The smallest absolute Gasteiger partial charge is 0.213 e. The minimum Gasteiger partial charge on any atom is -0.481 e. The number of aromatic nitrogens is 1. The molecule has 88 valence electrons. The highest BCUT2D eigenvalue weighted by atomic mass is 16.5. The van der Waals surface area contributed by atoms with Crippen LogP contribution >= 0.6 is 0 Å². The molecule has 1 fully saturated rings. The summed E-state index contributed by atoms with van der Waals surface area (Å²) in [5.74, 6) is 2.24. The zero-order valence-corrected chi connectivity index (χ0v) is 10.3. The highest BCUT2D eigenvalue weighted by molar-refractivity contribution is 5.25. The molecule has 1 N–H and O–H groups in total. The van der Waals surface area contributed by atoms with Gasteiger partial charge in [-0.1, -0.05) is 6.92 Å². The van der Waals surface area contributed by atoms with Crippen molar-refractivity contribution in [1.82, 2.24) is 10.3 Å². The van der Waals surface area contributed by atoms with E-state index in [1.54, 1.807) is 7.11 Å². The highest BCUT2D eigenvalue weighted by Gasteiger charge is 2.23. The monoisotopic (exact) mass is 220 g/mol. The Morgan fingerprint density at radius 1 is 1.44 bits per heavy atom. The van der Waals surface area contributed by atoms with Gasteiger partial charge in [-0.2, -0.15) is 0 Å². The number of methoxy groups -OCH3 is 1. The zero-order chi connectivity index (χ0) is 11.5. The molecule has 1 aromatic rings. The summed E-state index contributed by atoms with van der Waals surface area (Å²) < 4.78 is 5.20. The fourth-order valence-corrected chi connectivity index (χ4v) is 2.37. The van der Waals surface area contributed by atoms with Crippen molar-refractivity contribution in [3.8, 4) is 5.88 Å². The zero-order valence-electron chi connectivity index (χ0n) is 10.3. The molecule has 0 saturated carbocycles. The number of rotatable bonds is 3. The SMILES string of the molecule is COc1cc(C[C@H]2CNC[C@@H]2C)cc(C)n1. The van der Waals surface area contributed by atoms with Crippen LogP contribution in [0.1, 0.15) is 18.2 Å². The van der Waals surface area contributed by atoms with Gasteiger partial charge in [0.1, 0.15) is 0 Å². The molecular weight excluding hydrogens is 200 g/mol. The van der Waals surface area contributed by atoms with E-state index in [9.17, 15) is 0 Å². The Hall–Kier alpha value is -1.09. The molecule has 0 aliphatic carbocycles. The molecule has 0 aromatic carbocycles. The predicted molar refractivity (Wildman–Crippen MR) is 64.8 cm³/mol. The highest BCUT2D eigenvalue weighted by Crippen LogP contribution is 2.22. The number of pyridine rings is 1. The summed E-state index contributed by atoms with van der Waals surface area (Å²) in [5.41, 5.74) is 2.37. The second kappa shape index (κ2) is 4.83. The number of nitrogens with one attached hydrogen (secondary N) is 1. The Morgan fingerprint density at radius 2 is 2.25 bits per heavy atom. The summed E-state index contributed by atoms with van der Waals surface area (Å²) in [5, 5.41) is 3.44. The molecule has 0 amide bonds. The molecule has 0 radical (unpaired) electrons. The van der Waals surface area contributed by atoms with E-state index in [0.29, 0.717) is 0 Å². The molecule has 0 spiro atoms. The first-order chi connectivity index (χ1) is 7.69. The lowest BCUT2D eigenvalue weighted by Crippen LogP contribution is -2.13. The Balaban J connectivity index is 2.11. The number of nitrogens with zero attached hydrogens (tertiary/aromatic N) is 1. The second-order valence-electron chi connectivity index (χ2n) is 4.76. The Morgan fingerprint density at radius 3 is 2.88 bits per heavy atom. The Labute approximate surface area is 97.2 Å². The number of ether oxygens (including phenoxy) is 1. The van der Waals surface area contributed by atoms with Gasteiger partial charge in [-0.15, -0.1) is 0 Å². The van der Waals surface area contributed by atoms with Crippen LogP contribution < -0.4 is 10.1 Å². The van der Waals surface area contributed by atoms with Gasteiger partial charge in [0, 0.05) is 11.8 Å². The van der Waals surface area contributed by atoms with Crippen molar-refractivity contribution in [2.45, 2.75) is 20.3 Å². The van der Waals surface area contributed by atoms with Crippen LogP contribution in [0.15, 0.2) is 12.1 Å². The molecule has 1 saturated heterocycles. The first kappa shape index (κ1) is 11.4. The molecule has 1 aromatic heterocycles. The summed E-state index contributed by atoms with van der Waals surface area (Å²) in [6.45, 7) is 6.61. The van der Waals surface area contributed by atoms with Gasteiger partial charge in [0.15, 0.2) is 0 Å². The van der Waals surface area contributed by atoms with Crippen LogP contribution in [0.25, 0.3) is 0 Å². The van der Waals surface area contributed by atoms with Gasteiger partial charge < -0.3 is 10.1 Å². The fraction of sp³-hybridized carbons (Fsp3) is 0.615. The number of hydrogen-bond donors (Lipinski definition) is 1. The Bertz CT molecular complexity index is 365. The van der Waals surface area contributed by atoms with Crippen LogP contribution in [0, 0.1) is 18.8 Å². The van der Waals surface area contributed by atoms with Crippen LogP contribution in [0.5, 0.6) is 5.88 Å². The molecule has 1 aliphatic rings. The van der Waals surface area contributed by atoms with E-state index in [1.807, 2.05) is 6.92 Å². The lowest BCUT2D eigenvalue weighted by molar-refractivity contribution is 0.394. The van der Waals surface area contributed by atoms with Gasteiger partial charge in [-0.3, -0.25) is 0 Å². The average Bonchev–Trinajstić information content (AvgIpc) is 2.63. The quantitative estimate of drug-likeness (QED) is 0.843. The molecule has 1 aliphatic heterocycles. The van der Waals surface area contributed by atoms with E-state index < -0.39 is 0 Å². The third-order valence-corrected chi connectivity index (χ3v) is 3.37. The molecule has 2 rings (SSSR count). The van der Waals surface area contributed by atoms with Crippen molar-refractivity contribution in [2.24, 2.45) is 11.8 Å².